The first-order chi connectivity index (χ1) is 9.16. The second-order valence-electron chi connectivity index (χ2n) is 6.13. The zero-order valence-corrected chi connectivity index (χ0v) is 11.6. The summed E-state index contributed by atoms with van der Waals surface area (Å²) in [6.07, 6.45) is 3.12. The summed E-state index contributed by atoms with van der Waals surface area (Å²) in [5.41, 5.74) is 2.26. The summed E-state index contributed by atoms with van der Waals surface area (Å²) in [7, 11) is 0. The molecular weight excluding hydrogens is 238 g/mol. The van der Waals surface area contributed by atoms with E-state index in [1.54, 1.807) is 0 Å². The Hall–Kier alpha value is -0.900. The van der Waals surface area contributed by atoms with Crippen molar-refractivity contribution in [2.24, 2.45) is 0 Å². The maximum absolute atomic E-state index is 10.2. The SMILES string of the molecule is Cc1ccccc1C1CC(NCC2(O)CCOC2)C1. The summed E-state index contributed by atoms with van der Waals surface area (Å²) in [4.78, 5) is 0. The van der Waals surface area contributed by atoms with Crippen molar-refractivity contribution in [1.82, 2.24) is 5.32 Å². The van der Waals surface area contributed by atoms with Gasteiger partial charge in [-0.1, -0.05) is 24.3 Å². The van der Waals surface area contributed by atoms with Crippen LogP contribution in [0.1, 0.15) is 36.3 Å². The Morgan fingerprint density at radius 3 is 2.84 bits per heavy atom. The van der Waals surface area contributed by atoms with Gasteiger partial charge in [0.25, 0.3) is 0 Å². The van der Waals surface area contributed by atoms with Gasteiger partial charge in [-0.3, -0.25) is 0 Å². The van der Waals surface area contributed by atoms with E-state index in [9.17, 15) is 5.11 Å². The molecule has 19 heavy (non-hydrogen) atoms. The standard InChI is InChI=1S/C16H23NO2/c1-12-4-2-3-5-15(12)13-8-14(9-13)17-10-16(18)6-7-19-11-16/h2-5,13-14,17-18H,6-11H2,1H3. The molecule has 2 aliphatic rings. The quantitative estimate of drug-likeness (QED) is 0.871. The number of rotatable bonds is 4. The highest BCUT2D eigenvalue weighted by atomic mass is 16.5. The number of benzene rings is 1. The topological polar surface area (TPSA) is 41.5 Å². The summed E-state index contributed by atoms with van der Waals surface area (Å²) in [5.74, 6) is 0.688. The molecule has 1 aliphatic heterocycles. The largest absolute Gasteiger partial charge is 0.386 e. The molecule has 1 aliphatic carbocycles. The van der Waals surface area contributed by atoms with Gasteiger partial charge < -0.3 is 15.2 Å². The fourth-order valence-electron chi connectivity index (χ4n) is 3.15. The zero-order valence-electron chi connectivity index (χ0n) is 11.6. The van der Waals surface area contributed by atoms with E-state index in [4.69, 9.17) is 4.74 Å². The first kappa shape index (κ1) is 13.1. The van der Waals surface area contributed by atoms with Gasteiger partial charge in [-0.2, -0.15) is 0 Å². The van der Waals surface area contributed by atoms with Gasteiger partial charge in [0, 0.05) is 25.6 Å². The summed E-state index contributed by atoms with van der Waals surface area (Å²) in [5, 5.41) is 13.7. The molecule has 3 rings (SSSR count). The Bertz CT molecular complexity index is 434. The minimum atomic E-state index is -0.631. The molecule has 104 valence electrons. The van der Waals surface area contributed by atoms with Crippen LogP contribution in [0.5, 0.6) is 0 Å². The van der Waals surface area contributed by atoms with Crippen LogP contribution >= 0.6 is 0 Å². The molecular formula is C16H23NO2. The summed E-state index contributed by atoms with van der Waals surface area (Å²) in [6, 6.07) is 9.21. The van der Waals surface area contributed by atoms with Crippen molar-refractivity contribution >= 4 is 0 Å². The lowest BCUT2D eigenvalue weighted by atomic mass is 9.74. The molecule has 0 radical (unpaired) electrons. The molecule has 2 fully saturated rings. The Morgan fingerprint density at radius 1 is 1.37 bits per heavy atom. The van der Waals surface area contributed by atoms with Crippen LogP contribution in [0, 0.1) is 6.92 Å². The van der Waals surface area contributed by atoms with Crippen LogP contribution < -0.4 is 5.32 Å². The molecule has 1 saturated heterocycles. The van der Waals surface area contributed by atoms with Crippen LogP contribution in [0.4, 0.5) is 0 Å². The number of nitrogens with one attached hydrogen (secondary N) is 1. The number of hydrogen-bond acceptors (Lipinski definition) is 3. The molecule has 0 bridgehead atoms. The molecule has 0 spiro atoms. The molecule has 0 aromatic heterocycles. The van der Waals surface area contributed by atoms with E-state index >= 15 is 0 Å². The second kappa shape index (κ2) is 5.23. The van der Waals surface area contributed by atoms with Crippen molar-refractivity contribution in [3.63, 3.8) is 0 Å². The molecule has 1 aromatic rings. The predicted octanol–water partition coefficient (Wildman–Crippen LogP) is 1.98. The number of ether oxygens (including phenoxy) is 1. The maximum Gasteiger partial charge on any atom is 0.102 e. The van der Waals surface area contributed by atoms with Gasteiger partial charge in [-0.25, -0.2) is 0 Å². The van der Waals surface area contributed by atoms with Crippen molar-refractivity contribution in [1.29, 1.82) is 0 Å². The fraction of sp³-hybridized carbons (Fsp3) is 0.625. The van der Waals surface area contributed by atoms with Gasteiger partial charge in [0.15, 0.2) is 0 Å². The van der Waals surface area contributed by atoms with E-state index < -0.39 is 5.60 Å². The number of aryl methyl sites for hydroxylation is 1. The minimum absolute atomic E-state index is 0.480. The van der Waals surface area contributed by atoms with Gasteiger partial charge in [0.2, 0.25) is 0 Å². The van der Waals surface area contributed by atoms with Crippen LogP contribution in [0.2, 0.25) is 0 Å². The highest BCUT2D eigenvalue weighted by molar-refractivity contribution is 5.31. The molecule has 1 unspecified atom stereocenters. The van der Waals surface area contributed by atoms with Gasteiger partial charge in [-0.15, -0.1) is 0 Å². The first-order valence-corrected chi connectivity index (χ1v) is 7.25. The lowest BCUT2D eigenvalue weighted by molar-refractivity contribution is 0.0216. The zero-order chi connectivity index (χ0) is 13.3. The normalized spacial score (nSPS) is 34.2. The lowest BCUT2D eigenvalue weighted by Crippen LogP contribution is -2.49. The Labute approximate surface area is 115 Å². The molecule has 1 aromatic carbocycles. The Balaban J connectivity index is 1.47. The van der Waals surface area contributed by atoms with Crippen LogP contribution in [0.3, 0.4) is 0 Å². The molecule has 3 heteroatoms. The maximum atomic E-state index is 10.2. The van der Waals surface area contributed by atoms with E-state index in [-0.39, 0.29) is 0 Å². The molecule has 0 amide bonds. The Morgan fingerprint density at radius 2 is 2.16 bits per heavy atom. The monoisotopic (exact) mass is 261 g/mol. The number of hydrogen-bond donors (Lipinski definition) is 2. The second-order valence-corrected chi connectivity index (χ2v) is 6.13. The van der Waals surface area contributed by atoms with Crippen molar-refractivity contribution in [2.45, 2.75) is 43.7 Å². The van der Waals surface area contributed by atoms with Crippen LogP contribution in [0.15, 0.2) is 24.3 Å². The first-order valence-electron chi connectivity index (χ1n) is 7.25. The predicted molar refractivity (Wildman–Crippen MR) is 75.3 cm³/mol. The average Bonchev–Trinajstić information content (AvgIpc) is 2.77. The van der Waals surface area contributed by atoms with Gasteiger partial charge in [0.1, 0.15) is 5.60 Å². The molecule has 2 N–H and O–H groups in total. The lowest BCUT2D eigenvalue weighted by Gasteiger charge is -2.38. The van der Waals surface area contributed by atoms with Crippen molar-refractivity contribution in [3.05, 3.63) is 35.4 Å². The highest BCUT2D eigenvalue weighted by Gasteiger charge is 2.36. The van der Waals surface area contributed by atoms with Crippen LogP contribution in [0.25, 0.3) is 0 Å². The third kappa shape index (κ3) is 2.83. The minimum Gasteiger partial charge on any atom is -0.386 e. The van der Waals surface area contributed by atoms with Gasteiger partial charge in [0.05, 0.1) is 6.61 Å². The number of aliphatic hydroxyl groups is 1. The third-order valence-corrected chi connectivity index (χ3v) is 4.57. The Kier molecular flexibility index (Phi) is 3.61. The van der Waals surface area contributed by atoms with Crippen molar-refractivity contribution in [3.8, 4) is 0 Å². The fourth-order valence-corrected chi connectivity index (χ4v) is 3.15. The summed E-state index contributed by atoms with van der Waals surface area (Å²) in [6.45, 7) is 4.02. The van der Waals surface area contributed by atoms with Crippen LogP contribution in [-0.2, 0) is 4.74 Å². The van der Waals surface area contributed by atoms with E-state index in [2.05, 4.69) is 36.5 Å². The average molecular weight is 261 g/mol. The molecule has 1 atom stereocenters. The van der Waals surface area contributed by atoms with Crippen LogP contribution in [-0.4, -0.2) is 36.5 Å². The smallest absolute Gasteiger partial charge is 0.102 e. The van der Waals surface area contributed by atoms with Crippen molar-refractivity contribution in [2.75, 3.05) is 19.8 Å². The van der Waals surface area contributed by atoms with Gasteiger partial charge >= 0.3 is 0 Å². The van der Waals surface area contributed by atoms with E-state index in [1.165, 1.54) is 24.0 Å². The third-order valence-electron chi connectivity index (χ3n) is 4.57. The van der Waals surface area contributed by atoms with E-state index in [1.807, 2.05) is 0 Å². The van der Waals surface area contributed by atoms with E-state index in [0.717, 1.165) is 6.42 Å². The molecule has 1 heterocycles. The van der Waals surface area contributed by atoms with Crippen molar-refractivity contribution < 1.29 is 9.84 Å². The highest BCUT2D eigenvalue weighted by Crippen LogP contribution is 2.38. The molecule has 1 saturated carbocycles. The summed E-state index contributed by atoms with van der Waals surface area (Å²) >= 11 is 0. The summed E-state index contributed by atoms with van der Waals surface area (Å²) < 4.78 is 5.26. The van der Waals surface area contributed by atoms with E-state index in [0.29, 0.717) is 31.7 Å². The molecule has 3 nitrogen and oxygen atoms in total. The van der Waals surface area contributed by atoms with Gasteiger partial charge in [-0.05, 0) is 36.8 Å².